The molecule has 1 aromatic heterocycles. The van der Waals surface area contributed by atoms with Gasteiger partial charge in [-0.05, 0) is 12.1 Å². The van der Waals surface area contributed by atoms with Gasteiger partial charge in [-0.1, -0.05) is 18.2 Å². The SMILES string of the molecule is O=C(Nc1ccccc1)Nn1ccnc1. The highest BCUT2D eigenvalue weighted by molar-refractivity contribution is 5.94. The van der Waals surface area contributed by atoms with Gasteiger partial charge in [-0.2, -0.15) is 0 Å². The van der Waals surface area contributed by atoms with Crippen molar-refractivity contribution in [3.8, 4) is 0 Å². The zero-order valence-electron chi connectivity index (χ0n) is 7.92. The quantitative estimate of drug-likeness (QED) is 0.778. The largest absolute Gasteiger partial charge is 0.338 e. The maximum Gasteiger partial charge on any atom is 0.338 e. The third-order valence-corrected chi connectivity index (χ3v) is 1.77. The Morgan fingerprint density at radius 2 is 2.07 bits per heavy atom. The summed E-state index contributed by atoms with van der Waals surface area (Å²) >= 11 is 0. The zero-order chi connectivity index (χ0) is 10.5. The van der Waals surface area contributed by atoms with Crippen LogP contribution in [0.15, 0.2) is 49.1 Å². The van der Waals surface area contributed by atoms with Gasteiger partial charge >= 0.3 is 6.03 Å². The molecule has 0 aliphatic carbocycles. The number of hydrogen-bond donors (Lipinski definition) is 2. The molecule has 0 saturated carbocycles. The van der Waals surface area contributed by atoms with Crippen molar-refractivity contribution in [1.29, 1.82) is 0 Å². The second-order valence-electron chi connectivity index (χ2n) is 2.90. The summed E-state index contributed by atoms with van der Waals surface area (Å²) in [5.74, 6) is 0. The number of benzene rings is 1. The van der Waals surface area contributed by atoms with E-state index in [1.807, 2.05) is 30.3 Å². The highest BCUT2D eigenvalue weighted by Crippen LogP contribution is 2.04. The molecule has 15 heavy (non-hydrogen) atoms. The highest BCUT2D eigenvalue weighted by Gasteiger charge is 1.99. The molecule has 0 spiro atoms. The summed E-state index contributed by atoms with van der Waals surface area (Å²) in [6.45, 7) is 0. The molecule has 1 heterocycles. The number of para-hydroxylation sites is 1. The summed E-state index contributed by atoms with van der Waals surface area (Å²) in [5, 5.41) is 2.68. The number of aromatic nitrogens is 2. The van der Waals surface area contributed by atoms with Crippen LogP contribution >= 0.6 is 0 Å². The average Bonchev–Trinajstić information content (AvgIpc) is 2.71. The van der Waals surface area contributed by atoms with Crippen molar-refractivity contribution in [3.05, 3.63) is 49.1 Å². The van der Waals surface area contributed by atoms with E-state index in [-0.39, 0.29) is 6.03 Å². The predicted molar refractivity (Wildman–Crippen MR) is 57.0 cm³/mol. The summed E-state index contributed by atoms with van der Waals surface area (Å²) < 4.78 is 1.47. The van der Waals surface area contributed by atoms with E-state index in [0.29, 0.717) is 0 Å². The van der Waals surface area contributed by atoms with E-state index in [1.54, 1.807) is 12.4 Å². The zero-order valence-corrected chi connectivity index (χ0v) is 7.92. The van der Waals surface area contributed by atoms with Crippen LogP contribution in [0.25, 0.3) is 0 Å². The van der Waals surface area contributed by atoms with Crippen LogP contribution in [0, 0.1) is 0 Å². The molecule has 0 fully saturated rings. The molecule has 0 aliphatic heterocycles. The first-order chi connectivity index (χ1) is 7.34. The molecule has 2 amide bonds. The predicted octanol–water partition coefficient (Wildman–Crippen LogP) is 1.66. The summed E-state index contributed by atoms with van der Waals surface area (Å²) in [7, 11) is 0. The lowest BCUT2D eigenvalue weighted by Gasteiger charge is -2.06. The number of carbonyl (C=O) groups is 1. The van der Waals surface area contributed by atoms with Gasteiger partial charge in [0.2, 0.25) is 0 Å². The van der Waals surface area contributed by atoms with Gasteiger partial charge in [-0.25, -0.2) is 19.9 Å². The molecule has 0 radical (unpaired) electrons. The first-order valence-electron chi connectivity index (χ1n) is 4.45. The lowest BCUT2D eigenvalue weighted by Crippen LogP contribution is -2.26. The lowest BCUT2D eigenvalue weighted by atomic mass is 10.3. The van der Waals surface area contributed by atoms with Crippen molar-refractivity contribution in [1.82, 2.24) is 9.66 Å². The number of hydrogen-bond acceptors (Lipinski definition) is 2. The van der Waals surface area contributed by atoms with Crippen LogP contribution < -0.4 is 10.7 Å². The molecule has 76 valence electrons. The molecule has 0 atom stereocenters. The van der Waals surface area contributed by atoms with Crippen LogP contribution in [0.2, 0.25) is 0 Å². The van der Waals surface area contributed by atoms with Crippen molar-refractivity contribution in [2.75, 3.05) is 10.7 Å². The molecule has 0 bridgehead atoms. The summed E-state index contributed by atoms with van der Waals surface area (Å²) in [5.41, 5.74) is 3.32. The van der Waals surface area contributed by atoms with Crippen molar-refractivity contribution < 1.29 is 4.79 Å². The number of anilines is 1. The molecule has 1 aromatic carbocycles. The fourth-order valence-corrected chi connectivity index (χ4v) is 1.12. The first kappa shape index (κ1) is 9.26. The number of nitrogens with zero attached hydrogens (tertiary/aromatic N) is 2. The second kappa shape index (κ2) is 4.28. The molecular weight excluding hydrogens is 192 g/mol. The molecule has 2 rings (SSSR count). The molecular formula is C10H10N4O. The van der Waals surface area contributed by atoms with Gasteiger partial charge in [0.15, 0.2) is 0 Å². The van der Waals surface area contributed by atoms with Crippen molar-refractivity contribution in [3.63, 3.8) is 0 Å². The summed E-state index contributed by atoms with van der Waals surface area (Å²) in [4.78, 5) is 15.2. The average molecular weight is 202 g/mol. The Morgan fingerprint density at radius 3 is 2.73 bits per heavy atom. The van der Waals surface area contributed by atoms with Crippen LogP contribution in [0.3, 0.4) is 0 Å². The summed E-state index contributed by atoms with van der Waals surface area (Å²) in [6.07, 6.45) is 4.73. The molecule has 0 saturated heterocycles. The standard InChI is InChI=1S/C10H10N4O/c15-10(13-14-7-6-11-8-14)12-9-4-2-1-3-5-9/h1-8H,(H2,12,13,15). The van der Waals surface area contributed by atoms with Gasteiger partial charge in [-0.15, -0.1) is 0 Å². The van der Waals surface area contributed by atoms with E-state index >= 15 is 0 Å². The van der Waals surface area contributed by atoms with Crippen molar-refractivity contribution in [2.45, 2.75) is 0 Å². The van der Waals surface area contributed by atoms with Gasteiger partial charge < -0.3 is 5.32 Å². The molecule has 5 heteroatoms. The van der Waals surface area contributed by atoms with E-state index in [0.717, 1.165) is 5.69 Å². The Kier molecular flexibility index (Phi) is 2.64. The fourth-order valence-electron chi connectivity index (χ4n) is 1.12. The Balaban J connectivity index is 1.94. The van der Waals surface area contributed by atoms with Crippen LogP contribution in [0.4, 0.5) is 10.5 Å². The van der Waals surface area contributed by atoms with E-state index < -0.39 is 0 Å². The minimum absolute atomic E-state index is 0.306. The first-order valence-corrected chi connectivity index (χ1v) is 4.45. The molecule has 0 aliphatic rings. The van der Waals surface area contributed by atoms with E-state index in [9.17, 15) is 4.79 Å². The molecule has 2 N–H and O–H groups in total. The number of carbonyl (C=O) groups excluding carboxylic acids is 1. The van der Waals surface area contributed by atoms with Crippen LogP contribution in [-0.4, -0.2) is 15.7 Å². The van der Waals surface area contributed by atoms with E-state index in [1.165, 1.54) is 11.0 Å². The Bertz CT molecular complexity index is 424. The second-order valence-corrected chi connectivity index (χ2v) is 2.90. The fraction of sp³-hybridized carbons (Fsp3) is 0. The smallest absolute Gasteiger partial charge is 0.307 e. The van der Waals surface area contributed by atoms with Gasteiger partial charge in [0.1, 0.15) is 6.33 Å². The Hall–Kier alpha value is -2.30. The normalized spacial score (nSPS) is 9.60. The summed E-state index contributed by atoms with van der Waals surface area (Å²) in [6, 6.07) is 8.92. The van der Waals surface area contributed by atoms with E-state index in [4.69, 9.17) is 0 Å². The van der Waals surface area contributed by atoms with Gasteiger partial charge in [0.05, 0.1) is 0 Å². The Labute approximate surface area is 86.7 Å². The molecule has 2 aromatic rings. The number of rotatable bonds is 2. The maximum atomic E-state index is 11.4. The number of urea groups is 1. The number of imidazole rings is 1. The topological polar surface area (TPSA) is 59.0 Å². The minimum Gasteiger partial charge on any atom is -0.307 e. The van der Waals surface area contributed by atoms with Crippen LogP contribution in [0.1, 0.15) is 0 Å². The molecule has 0 unspecified atom stereocenters. The number of nitrogens with one attached hydrogen (secondary N) is 2. The third-order valence-electron chi connectivity index (χ3n) is 1.77. The van der Waals surface area contributed by atoms with Crippen LogP contribution in [-0.2, 0) is 0 Å². The van der Waals surface area contributed by atoms with Gasteiger partial charge in [-0.3, -0.25) is 0 Å². The molecule has 5 nitrogen and oxygen atoms in total. The van der Waals surface area contributed by atoms with Gasteiger partial charge in [0, 0.05) is 18.1 Å². The third kappa shape index (κ3) is 2.57. The van der Waals surface area contributed by atoms with Gasteiger partial charge in [0.25, 0.3) is 0 Å². The maximum absolute atomic E-state index is 11.4. The van der Waals surface area contributed by atoms with E-state index in [2.05, 4.69) is 15.7 Å². The monoisotopic (exact) mass is 202 g/mol. The minimum atomic E-state index is -0.306. The highest BCUT2D eigenvalue weighted by atomic mass is 16.2. The Morgan fingerprint density at radius 1 is 1.27 bits per heavy atom. The van der Waals surface area contributed by atoms with Crippen LogP contribution in [0.5, 0.6) is 0 Å². The lowest BCUT2D eigenvalue weighted by molar-refractivity contribution is 0.260. The number of amides is 2. The van der Waals surface area contributed by atoms with Crippen molar-refractivity contribution >= 4 is 11.7 Å². The van der Waals surface area contributed by atoms with Crippen molar-refractivity contribution in [2.24, 2.45) is 0 Å².